The fraction of sp³-hybridized carbons (Fsp3) is 0.750. The van der Waals surface area contributed by atoms with Gasteiger partial charge in [0.05, 0.1) is 13.1 Å². The van der Waals surface area contributed by atoms with Crippen LogP contribution in [0.5, 0.6) is 0 Å². The van der Waals surface area contributed by atoms with Gasteiger partial charge in [0.15, 0.2) is 0 Å². The molecule has 4 heteroatoms. The highest BCUT2D eigenvalue weighted by Crippen LogP contribution is 2.18. The molecule has 0 spiro atoms. The van der Waals surface area contributed by atoms with E-state index in [-0.39, 0.29) is 0 Å². The number of piperidine rings is 1. The molecule has 0 unspecified atom stereocenters. The second-order valence-electron chi connectivity index (χ2n) is 6.09. The zero-order chi connectivity index (χ0) is 14.4. The van der Waals surface area contributed by atoms with E-state index in [1.54, 1.807) is 0 Å². The maximum absolute atomic E-state index is 5.85. The SMILES string of the molecule is CCNCc1ccc(CN(C)CC2CCN(C)CC2)o1. The molecule has 0 aromatic carbocycles. The Bertz CT molecular complexity index is 383. The van der Waals surface area contributed by atoms with E-state index < -0.39 is 0 Å². The first-order valence-electron chi connectivity index (χ1n) is 7.82. The van der Waals surface area contributed by atoms with Crippen LogP contribution in [0.2, 0.25) is 0 Å². The average Bonchev–Trinajstić information content (AvgIpc) is 2.86. The summed E-state index contributed by atoms with van der Waals surface area (Å²) in [7, 11) is 4.42. The molecule has 1 saturated heterocycles. The van der Waals surface area contributed by atoms with Crippen molar-refractivity contribution in [3.63, 3.8) is 0 Å². The second kappa shape index (κ2) is 7.81. The van der Waals surface area contributed by atoms with Gasteiger partial charge in [0.1, 0.15) is 11.5 Å². The van der Waals surface area contributed by atoms with E-state index in [1.165, 1.54) is 32.5 Å². The van der Waals surface area contributed by atoms with Crippen LogP contribution in [-0.4, -0.2) is 50.1 Å². The van der Waals surface area contributed by atoms with Crippen LogP contribution in [0, 0.1) is 5.92 Å². The fourth-order valence-corrected chi connectivity index (χ4v) is 2.87. The summed E-state index contributed by atoms with van der Waals surface area (Å²) in [5.74, 6) is 2.95. The lowest BCUT2D eigenvalue weighted by Crippen LogP contribution is -2.35. The highest BCUT2D eigenvalue weighted by atomic mass is 16.3. The highest BCUT2D eigenvalue weighted by molar-refractivity contribution is 5.07. The van der Waals surface area contributed by atoms with Crippen molar-refractivity contribution in [2.75, 3.05) is 40.3 Å². The third-order valence-corrected chi connectivity index (χ3v) is 4.10. The normalized spacial score (nSPS) is 18.0. The topological polar surface area (TPSA) is 31.6 Å². The van der Waals surface area contributed by atoms with Crippen LogP contribution >= 0.6 is 0 Å². The summed E-state index contributed by atoms with van der Waals surface area (Å²) >= 11 is 0. The molecule has 2 heterocycles. The van der Waals surface area contributed by atoms with E-state index in [9.17, 15) is 0 Å². The van der Waals surface area contributed by atoms with Gasteiger partial charge < -0.3 is 14.6 Å². The molecule has 2 rings (SSSR count). The van der Waals surface area contributed by atoms with Gasteiger partial charge in [-0.1, -0.05) is 6.92 Å². The summed E-state index contributed by atoms with van der Waals surface area (Å²) in [6, 6.07) is 4.19. The molecule has 1 N–H and O–H groups in total. The molecule has 0 saturated carbocycles. The van der Waals surface area contributed by atoms with Crippen LogP contribution in [0.3, 0.4) is 0 Å². The lowest BCUT2D eigenvalue weighted by Gasteiger charge is -2.31. The molecule has 1 aliphatic rings. The number of rotatable bonds is 7. The minimum absolute atomic E-state index is 0.829. The predicted molar refractivity (Wildman–Crippen MR) is 82.6 cm³/mol. The maximum atomic E-state index is 5.85. The van der Waals surface area contributed by atoms with Crippen LogP contribution in [-0.2, 0) is 13.1 Å². The molecule has 1 aromatic heterocycles. The largest absolute Gasteiger partial charge is 0.463 e. The van der Waals surface area contributed by atoms with Crippen LogP contribution < -0.4 is 5.32 Å². The Morgan fingerprint density at radius 1 is 1.30 bits per heavy atom. The minimum Gasteiger partial charge on any atom is -0.463 e. The fourth-order valence-electron chi connectivity index (χ4n) is 2.87. The van der Waals surface area contributed by atoms with Crippen molar-refractivity contribution in [3.05, 3.63) is 23.7 Å². The van der Waals surface area contributed by atoms with Crippen LogP contribution in [0.1, 0.15) is 31.3 Å². The van der Waals surface area contributed by atoms with Crippen molar-refractivity contribution in [2.45, 2.75) is 32.9 Å². The van der Waals surface area contributed by atoms with E-state index in [1.807, 2.05) is 0 Å². The van der Waals surface area contributed by atoms with E-state index in [0.717, 1.165) is 37.1 Å². The van der Waals surface area contributed by atoms with Crippen molar-refractivity contribution in [1.82, 2.24) is 15.1 Å². The molecule has 1 fully saturated rings. The van der Waals surface area contributed by atoms with E-state index >= 15 is 0 Å². The number of furan rings is 1. The molecule has 0 bridgehead atoms. The van der Waals surface area contributed by atoms with Crippen molar-refractivity contribution in [1.29, 1.82) is 0 Å². The Balaban J connectivity index is 1.73. The van der Waals surface area contributed by atoms with E-state index in [2.05, 4.69) is 48.3 Å². The van der Waals surface area contributed by atoms with Crippen molar-refractivity contribution in [2.24, 2.45) is 5.92 Å². The lowest BCUT2D eigenvalue weighted by molar-refractivity contribution is 0.168. The molecular formula is C16H29N3O. The second-order valence-corrected chi connectivity index (χ2v) is 6.09. The Morgan fingerprint density at radius 2 is 2.00 bits per heavy atom. The number of hydrogen-bond acceptors (Lipinski definition) is 4. The summed E-state index contributed by atoms with van der Waals surface area (Å²) in [6.07, 6.45) is 2.65. The molecule has 4 nitrogen and oxygen atoms in total. The first-order valence-corrected chi connectivity index (χ1v) is 7.82. The van der Waals surface area contributed by atoms with Gasteiger partial charge >= 0.3 is 0 Å². The molecular weight excluding hydrogens is 250 g/mol. The molecule has 1 aromatic rings. The van der Waals surface area contributed by atoms with Crippen molar-refractivity contribution >= 4 is 0 Å². The van der Waals surface area contributed by atoms with Gasteiger partial charge in [0.2, 0.25) is 0 Å². The van der Waals surface area contributed by atoms with Crippen LogP contribution in [0.15, 0.2) is 16.5 Å². The van der Waals surface area contributed by atoms with Gasteiger partial charge in [0, 0.05) is 6.54 Å². The van der Waals surface area contributed by atoms with Gasteiger partial charge in [-0.05, 0) is 64.6 Å². The number of likely N-dealkylation sites (tertiary alicyclic amines) is 1. The minimum atomic E-state index is 0.829. The number of nitrogens with zero attached hydrogens (tertiary/aromatic N) is 2. The average molecular weight is 279 g/mol. The first-order chi connectivity index (χ1) is 9.67. The predicted octanol–water partition coefficient (Wildman–Crippen LogP) is 2.16. The summed E-state index contributed by atoms with van der Waals surface area (Å²) in [6.45, 7) is 8.49. The van der Waals surface area contributed by atoms with Crippen molar-refractivity contribution < 1.29 is 4.42 Å². The zero-order valence-electron chi connectivity index (χ0n) is 13.2. The van der Waals surface area contributed by atoms with Gasteiger partial charge in [-0.15, -0.1) is 0 Å². The Kier molecular flexibility index (Phi) is 6.07. The third-order valence-electron chi connectivity index (χ3n) is 4.10. The number of nitrogens with one attached hydrogen (secondary N) is 1. The standard InChI is InChI=1S/C16H29N3O/c1-4-17-11-15-5-6-16(20-15)13-19(3)12-14-7-9-18(2)10-8-14/h5-6,14,17H,4,7-13H2,1-3H3. The van der Waals surface area contributed by atoms with E-state index in [0.29, 0.717) is 0 Å². The Labute approximate surface area is 123 Å². The lowest BCUT2D eigenvalue weighted by atomic mass is 9.97. The number of hydrogen-bond donors (Lipinski definition) is 1. The van der Waals surface area contributed by atoms with E-state index in [4.69, 9.17) is 4.42 Å². The molecule has 0 aliphatic carbocycles. The molecule has 0 atom stereocenters. The zero-order valence-corrected chi connectivity index (χ0v) is 13.2. The monoisotopic (exact) mass is 279 g/mol. The Hall–Kier alpha value is -0.840. The van der Waals surface area contributed by atoms with Gasteiger partial charge in [0.25, 0.3) is 0 Å². The molecule has 114 valence electrons. The smallest absolute Gasteiger partial charge is 0.118 e. The summed E-state index contributed by atoms with van der Waals surface area (Å²) < 4.78 is 5.85. The highest BCUT2D eigenvalue weighted by Gasteiger charge is 2.18. The van der Waals surface area contributed by atoms with Gasteiger partial charge in [-0.25, -0.2) is 0 Å². The summed E-state index contributed by atoms with van der Waals surface area (Å²) in [5.41, 5.74) is 0. The third kappa shape index (κ3) is 4.93. The van der Waals surface area contributed by atoms with Crippen LogP contribution in [0.4, 0.5) is 0 Å². The molecule has 1 aliphatic heterocycles. The van der Waals surface area contributed by atoms with Gasteiger partial charge in [-0.2, -0.15) is 0 Å². The molecule has 0 radical (unpaired) electrons. The van der Waals surface area contributed by atoms with Crippen molar-refractivity contribution in [3.8, 4) is 0 Å². The quantitative estimate of drug-likeness (QED) is 0.829. The summed E-state index contributed by atoms with van der Waals surface area (Å²) in [5, 5.41) is 3.29. The Morgan fingerprint density at radius 3 is 2.70 bits per heavy atom. The molecule has 0 amide bonds. The maximum Gasteiger partial charge on any atom is 0.118 e. The van der Waals surface area contributed by atoms with Gasteiger partial charge in [-0.3, -0.25) is 4.90 Å². The first kappa shape index (κ1) is 15.5. The molecule has 20 heavy (non-hydrogen) atoms. The summed E-state index contributed by atoms with van der Waals surface area (Å²) in [4.78, 5) is 4.82. The van der Waals surface area contributed by atoms with Crippen LogP contribution in [0.25, 0.3) is 0 Å².